The van der Waals surface area contributed by atoms with Gasteiger partial charge >= 0.3 is 5.97 Å². The molecule has 9 heteroatoms. The SMILES string of the molecule is CCCCS(=O)(=O)N[C@H](Cc1c[nH]n(C)c1=O)C(=O)O. The van der Waals surface area contributed by atoms with Crippen molar-refractivity contribution >= 4 is 16.0 Å². The Balaban J connectivity index is 2.83. The molecule has 20 heavy (non-hydrogen) atoms. The highest BCUT2D eigenvalue weighted by Gasteiger charge is 2.25. The first kappa shape index (κ1) is 16.4. The molecule has 0 bridgehead atoms. The summed E-state index contributed by atoms with van der Waals surface area (Å²) in [5.74, 6) is -1.44. The number of hydrogen-bond acceptors (Lipinski definition) is 4. The van der Waals surface area contributed by atoms with Gasteiger partial charge in [0.1, 0.15) is 6.04 Å². The van der Waals surface area contributed by atoms with Gasteiger partial charge in [0.2, 0.25) is 10.0 Å². The third-order valence-electron chi connectivity index (χ3n) is 2.82. The average Bonchev–Trinajstić information content (AvgIpc) is 2.67. The number of aromatic amines is 1. The second-order valence-electron chi connectivity index (χ2n) is 4.55. The summed E-state index contributed by atoms with van der Waals surface area (Å²) in [5, 5.41) is 11.7. The number of sulfonamides is 1. The van der Waals surface area contributed by atoms with E-state index in [1.54, 1.807) is 0 Å². The number of aryl methyl sites for hydroxylation is 1. The number of aliphatic carboxylic acids is 1. The van der Waals surface area contributed by atoms with Gasteiger partial charge in [-0.05, 0) is 6.42 Å². The van der Waals surface area contributed by atoms with Gasteiger partial charge in [0, 0.05) is 25.2 Å². The fraction of sp³-hybridized carbons (Fsp3) is 0.636. The normalized spacial score (nSPS) is 13.3. The van der Waals surface area contributed by atoms with Gasteiger partial charge in [-0.2, -0.15) is 0 Å². The molecule has 0 aliphatic carbocycles. The number of carboxylic acid groups (broad SMARTS) is 1. The van der Waals surface area contributed by atoms with Crippen LogP contribution in [0.25, 0.3) is 0 Å². The fourth-order valence-electron chi connectivity index (χ4n) is 1.67. The smallest absolute Gasteiger partial charge is 0.322 e. The lowest BCUT2D eigenvalue weighted by atomic mass is 10.1. The number of carboxylic acids is 1. The van der Waals surface area contributed by atoms with Crippen molar-refractivity contribution in [1.29, 1.82) is 0 Å². The molecular formula is C11H19N3O5S. The summed E-state index contributed by atoms with van der Waals surface area (Å²) in [6, 6.07) is -1.35. The van der Waals surface area contributed by atoms with E-state index in [4.69, 9.17) is 5.11 Å². The third-order valence-corrected chi connectivity index (χ3v) is 4.29. The Bertz CT molecular complexity index is 616. The fourth-order valence-corrected chi connectivity index (χ4v) is 3.07. The second-order valence-corrected chi connectivity index (χ2v) is 6.42. The molecular weight excluding hydrogens is 286 g/mol. The van der Waals surface area contributed by atoms with Gasteiger partial charge in [0.25, 0.3) is 5.56 Å². The highest BCUT2D eigenvalue weighted by molar-refractivity contribution is 7.89. The molecule has 0 amide bonds. The van der Waals surface area contributed by atoms with Gasteiger partial charge in [-0.15, -0.1) is 0 Å². The van der Waals surface area contributed by atoms with Crippen LogP contribution in [-0.2, 0) is 28.3 Å². The minimum Gasteiger partial charge on any atom is -0.480 e. The molecule has 8 nitrogen and oxygen atoms in total. The van der Waals surface area contributed by atoms with Crippen LogP contribution in [0.4, 0.5) is 0 Å². The molecule has 1 aromatic heterocycles. The Morgan fingerprint density at radius 1 is 1.55 bits per heavy atom. The summed E-state index contributed by atoms with van der Waals surface area (Å²) < 4.78 is 26.8. The Morgan fingerprint density at radius 3 is 2.65 bits per heavy atom. The maximum Gasteiger partial charge on any atom is 0.322 e. The van der Waals surface area contributed by atoms with Gasteiger partial charge < -0.3 is 10.2 Å². The van der Waals surface area contributed by atoms with E-state index in [0.717, 1.165) is 0 Å². The van der Waals surface area contributed by atoms with E-state index in [9.17, 15) is 18.0 Å². The third kappa shape index (κ3) is 4.49. The van der Waals surface area contributed by atoms with E-state index in [0.29, 0.717) is 12.8 Å². The first-order valence-corrected chi connectivity index (χ1v) is 7.88. The van der Waals surface area contributed by atoms with Crippen molar-refractivity contribution < 1.29 is 18.3 Å². The quantitative estimate of drug-likeness (QED) is 0.594. The second kappa shape index (κ2) is 6.71. The molecule has 0 aromatic carbocycles. The number of H-pyrrole nitrogens is 1. The van der Waals surface area contributed by atoms with Crippen LogP contribution in [0.2, 0.25) is 0 Å². The molecule has 0 fully saturated rings. The van der Waals surface area contributed by atoms with Crippen molar-refractivity contribution in [3.63, 3.8) is 0 Å². The average molecular weight is 305 g/mol. The molecule has 0 saturated carbocycles. The van der Waals surface area contributed by atoms with Crippen LogP contribution >= 0.6 is 0 Å². The van der Waals surface area contributed by atoms with Crippen molar-refractivity contribution in [1.82, 2.24) is 14.5 Å². The van der Waals surface area contributed by atoms with Crippen LogP contribution in [0.1, 0.15) is 25.3 Å². The highest BCUT2D eigenvalue weighted by atomic mass is 32.2. The summed E-state index contributed by atoms with van der Waals surface area (Å²) in [6.45, 7) is 1.84. The first-order valence-electron chi connectivity index (χ1n) is 6.23. The lowest BCUT2D eigenvalue weighted by Gasteiger charge is -2.13. The number of hydrogen-bond donors (Lipinski definition) is 3. The minimum absolute atomic E-state index is 0.127. The van der Waals surface area contributed by atoms with E-state index >= 15 is 0 Å². The molecule has 0 unspecified atom stereocenters. The van der Waals surface area contributed by atoms with Crippen molar-refractivity contribution in [2.24, 2.45) is 7.05 Å². The molecule has 1 heterocycles. The highest BCUT2D eigenvalue weighted by Crippen LogP contribution is 2.02. The Labute approximate surface area is 116 Å². The van der Waals surface area contributed by atoms with Gasteiger partial charge in [0.15, 0.2) is 0 Å². The van der Waals surface area contributed by atoms with Crippen LogP contribution in [0.15, 0.2) is 11.0 Å². The molecule has 3 N–H and O–H groups in total. The number of rotatable bonds is 8. The Kier molecular flexibility index (Phi) is 5.52. The van der Waals surface area contributed by atoms with Crippen molar-refractivity contribution in [2.75, 3.05) is 5.75 Å². The van der Waals surface area contributed by atoms with E-state index in [2.05, 4.69) is 9.82 Å². The van der Waals surface area contributed by atoms with E-state index in [1.807, 2.05) is 6.92 Å². The summed E-state index contributed by atoms with van der Waals surface area (Å²) in [5.41, 5.74) is -0.151. The molecule has 1 rings (SSSR count). The van der Waals surface area contributed by atoms with Crippen molar-refractivity contribution in [3.8, 4) is 0 Å². The molecule has 0 radical (unpaired) electrons. The van der Waals surface area contributed by atoms with E-state index in [-0.39, 0.29) is 23.3 Å². The van der Waals surface area contributed by atoms with Crippen LogP contribution in [-0.4, -0.2) is 41.1 Å². The van der Waals surface area contributed by atoms with Gasteiger partial charge in [-0.3, -0.25) is 14.3 Å². The van der Waals surface area contributed by atoms with Crippen LogP contribution in [0, 0.1) is 0 Å². The minimum atomic E-state index is -3.66. The molecule has 0 spiro atoms. The lowest BCUT2D eigenvalue weighted by Crippen LogP contribution is -2.44. The molecule has 0 aliphatic heterocycles. The first-order chi connectivity index (χ1) is 9.26. The standard InChI is InChI=1S/C11H19N3O5S/c1-3-4-5-20(18,19)13-9(11(16)17)6-8-7-12-14(2)10(8)15/h7,9,12-13H,3-6H2,1-2H3,(H,16,17)/t9-/m1/s1. The zero-order valence-corrected chi connectivity index (χ0v) is 12.2. The van der Waals surface area contributed by atoms with E-state index in [1.165, 1.54) is 17.9 Å². The molecule has 0 aliphatic rings. The van der Waals surface area contributed by atoms with Gasteiger partial charge in [0.05, 0.1) is 5.75 Å². The van der Waals surface area contributed by atoms with E-state index < -0.39 is 22.0 Å². The Hall–Kier alpha value is -1.61. The Morgan fingerprint density at radius 2 is 2.20 bits per heavy atom. The number of nitrogens with zero attached hydrogens (tertiary/aromatic N) is 1. The molecule has 114 valence electrons. The summed E-state index contributed by atoms with van der Waals surface area (Å²) in [7, 11) is -2.17. The largest absolute Gasteiger partial charge is 0.480 e. The topological polar surface area (TPSA) is 121 Å². The van der Waals surface area contributed by atoms with Crippen LogP contribution < -0.4 is 10.3 Å². The number of nitrogens with one attached hydrogen (secondary N) is 2. The van der Waals surface area contributed by atoms with Crippen molar-refractivity contribution in [2.45, 2.75) is 32.2 Å². The van der Waals surface area contributed by atoms with Crippen molar-refractivity contribution in [3.05, 3.63) is 22.1 Å². The summed E-state index contributed by atoms with van der Waals surface area (Å²) in [6.07, 6.45) is 2.32. The summed E-state index contributed by atoms with van der Waals surface area (Å²) >= 11 is 0. The molecule has 0 saturated heterocycles. The zero-order valence-electron chi connectivity index (χ0n) is 11.4. The number of aromatic nitrogens is 2. The monoisotopic (exact) mass is 305 g/mol. The molecule has 1 atom stereocenters. The maximum absolute atomic E-state index is 11.7. The predicted molar refractivity (Wildman–Crippen MR) is 73.0 cm³/mol. The van der Waals surface area contributed by atoms with Crippen LogP contribution in [0.3, 0.4) is 0 Å². The lowest BCUT2D eigenvalue weighted by molar-refractivity contribution is -0.138. The molecule has 1 aromatic rings. The predicted octanol–water partition coefficient (Wildman–Crippen LogP) is -0.571. The number of unbranched alkanes of at least 4 members (excludes halogenated alkanes) is 1. The summed E-state index contributed by atoms with van der Waals surface area (Å²) in [4.78, 5) is 22.8. The van der Waals surface area contributed by atoms with Crippen LogP contribution in [0.5, 0.6) is 0 Å². The zero-order chi connectivity index (χ0) is 15.3. The van der Waals surface area contributed by atoms with Gasteiger partial charge in [-0.1, -0.05) is 13.3 Å². The number of carbonyl (C=O) groups is 1. The van der Waals surface area contributed by atoms with Gasteiger partial charge in [-0.25, -0.2) is 13.1 Å². The maximum atomic E-state index is 11.7.